The number of hydrogen-bond acceptors (Lipinski definition) is 3. The SMILES string of the molecule is CN(Cc1cc(N)ccc1Cl)S(=O)(=O)C(C)(C)C. The minimum atomic E-state index is -3.37. The first-order chi connectivity index (χ1) is 8.05. The zero-order chi connectivity index (χ0) is 14.1. The second kappa shape index (κ2) is 5.07. The van der Waals surface area contributed by atoms with Crippen LogP contribution in [0.15, 0.2) is 18.2 Å². The average Bonchev–Trinajstić information content (AvgIpc) is 2.21. The van der Waals surface area contributed by atoms with Crippen molar-refractivity contribution in [3.63, 3.8) is 0 Å². The van der Waals surface area contributed by atoms with Gasteiger partial charge in [0.05, 0.1) is 4.75 Å². The topological polar surface area (TPSA) is 63.4 Å². The number of nitrogens with two attached hydrogens (primary N) is 1. The van der Waals surface area contributed by atoms with E-state index in [-0.39, 0.29) is 6.54 Å². The van der Waals surface area contributed by atoms with Gasteiger partial charge in [0.15, 0.2) is 0 Å². The normalized spacial score (nSPS) is 13.0. The number of hydrogen-bond donors (Lipinski definition) is 1. The molecule has 2 N–H and O–H groups in total. The molecule has 0 aliphatic heterocycles. The molecule has 0 spiro atoms. The van der Waals surface area contributed by atoms with Crippen LogP contribution >= 0.6 is 11.6 Å². The van der Waals surface area contributed by atoms with Crippen molar-refractivity contribution in [2.75, 3.05) is 12.8 Å². The van der Waals surface area contributed by atoms with E-state index in [1.807, 2.05) is 0 Å². The Bertz CT molecular complexity index is 535. The van der Waals surface area contributed by atoms with Gasteiger partial charge in [0.2, 0.25) is 10.0 Å². The van der Waals surface area contributed by atoms with Gasteiger partial charge >= 0.3 is 0 Å². The van der Waals surface area contributed by atoms with Crippen LogP contribution in [0.2, 0.25) is 5.02 Å². The molecule has 0 unspecified atom stereocenters. The van der Waals surface area contributed by atoms with E-state index in [2.05, 4.69) is 0 Å². The van der Waals surface area contributed by atoms with Crippen LogP contribution in [0.4, 0.5) is 5.69 Å². The fourth-order valence-electron chi connectivity index (χ4n) is 1.51. The molecule has 0 heterocycles. The summed E-state index contributed by atoms with van der Waals surface area (Å²) in [5.74, 6) is 0. The van der Waals surface area contributed by atoms with Crippen molar-refractivity contribution in [2.45, 2.75) is 32.1 Å². The predicted octanol–water partition coefficient (Wildman–Crippen LogP) is 2.48. The molecule has 6 heteroatoms. The fraction of sp³-hybridized carbons (Fsp3) is 0.500. The summed E-state index contributed by atoms with van der Waals surface area (Å²) in [7, 11) is -1.83. The van der Waals surface area contributed by atoms with Crippen LogP contribution < -0.4 is 5.73 Å². The molecule has 0 atom stereocenters. The molecule has 0 saturated carbocycles. The van der Waals surface area contributed by atoms with Crippen molar-refractivity contribution in [1.82, 2.24) is 4.31 Å². The lowest BCUT2D eigenvalue weighted by Crippen LogP contribution is -2.40. The molecular formula is C12H19ClN2O2S. The molecule has 1 aromatic carbocycles. The zero-order valence-corrected chi connectivity index (χ0v) is 12.6. The Morgan fingerprint density at radius 2 is 1.89 bits per heavy atom. The van der Waals surface area contributed by atoms with Crippen molar-refractivity contribution < 1.29 is 8.42 Å². The van der Waals surface area contributed by atoms with E-state index in [1.54, 1.807) is 46.0 Å². The second-order valence-electron chi connectivity index (χ2n) is 5.22. The van der Waals surface area contributed by atoms with Gasteiger partial charge < -0.3 is 5.73 Å². The van der Waals surface area contributed by atoms with E-state index in [0.29, 0.717) is 16.3 Å². The van der Waals surface area contributed by atoms with E-state index in [0.717, 1.165) is 0 Å². The minimum absolute atomic E-state index is 0.212. The van der Waals surface area contributed by atoms with Gasteiger partial charge in [0.25, 0.3) is 0 Å². The summed E-state index contributed by atoms with van der Waals surface area (Å²) in [4.78, 5) is 0. The Morgan fingerprint density at radius 1 is 1.33 bits per heavy atom. The zero-order valence-electron chi connectivity index (χ0n) is 11.1. The lowest BCUT2D eigenvalue weighted by Gasteiger charge is -2.27. The van der Waals surface area contributed by atoms with Crippen molar-refractivity contribution >= 4 is 27.3 Å². The highest BCUT2D eigenvalue weighted by Crippen LogP contribution is 2.24. The largest absolute Gasteiger partial charge is 0.399 e. The monoisotopic (exact) mass is 290 g/mol. The molecule has 4 nitrogen and oxygen atoms in total. The maximum absolute atomic E-state index is 12.2. The third kappa shape index (κ3) is 3.16. The van der Waals surface area contributed by atoms with Gasteiger partial charge in [-0.25, -0.2) is 12.7 Å². The molecular weight excluding hydrogens is 272 g/mol. The first kappa shape index (κ1) is 15.3. The standard InChI is InChI=1S/C12H19ClN2O2S/c1-12(2,3)18(16,17)15(4)8-9-7-10(14)5-6-11(9)13/h5-7H,8,14H2,1-4H3. The second-order valence-corrected chi connectivity index (χ2v) is 8.43. The van der Waals surface area contributed by atoms with Crippen molar-refractivity contribution in [1.29, 1.82) is 0 Å². The molecule has 0 aromatic heterocycles. The molecule has 0 aliphatic rings. The molecule has 18 heavy (non-hydrogen) atoms. The summed E-state index contributed by atoms with van der Waals surface area (Å²) < 4.78 is 24.9. The summed E-state index contributed by atoms with van der Waals surface area (Å²) in [5.41, 5.74) is 6.94. The Labute approximate surface area is 114 Å². The number of sulfonamides is 1. The highest BCUT2D eigenvalue weighted by atomic mass is 35.5. The first-order valence-corrected chi connectivity index (χ1v) is 7.37. The van der Waals surface area contributed by atoms with Crippen LogP contribution in [0.5, 0.6) is 0 Å². The Kier molecular flexibility index (Phi) is 4.30. The van der Waals surface area contributed by atoms with Crippen LogP contribution in [0.25, 0.3) is 0 Å². The molecule has 0 bridgehead atoms. The predicted molar refractivity (Wildman–Crippen MR) is 76.0 cm³/mol. The van der Waals surface area contributed by atoms with E-state index in [9.17, 15) is 8.42 Å². The smallest absolute Gasteiger partial charge is 0.219 e. The van der Waals surface area contributed by atoms with Crippen LogP contribution in [-0.4, -0.2) is 24.5 Å². The summed E-state index contributed by atoms with van der Waals surface area (Å²) in [5, 5.41) is 0.514. The van der Waals surface area contributed by atoms with Gasteiger partial charge in [-0.1, -0.05) is 11.6 Å². The van der Waals surface area contributed by atoms with Crippen LogP contribution in [-0.2, 0) is 16.6 Å². The van der Waals surface area contributed by atoms with Gasteiger partial charge in [-0.3, -0.25) is 0 Å². The Balaban J connectivity index is 3.02. The summed E-state index contributed by atoms with van der Waals surface area (Å²) in [6.07, 6.45) is 0. The number of halogens is 1. The summed E-state index contributed by atoms with van der Waals surface area (Å²) in [6, 6.07) is 5.05. The molecule has 0 aliphatic carbocycles. The number of nitrogens with zero attached hydrogens (tertiary/aromatic N) is 1. The van der Waals surface area contributed by atoms with Gasteiger partial charge in [-0.2, -0.15) is 0 Å². The lowest BCUT2D eigenvalue weighted by atomic mass is 10.2. The van der Waals surface area contributed by atoms with Gasteiger partial charge in [0, 0.05) is 24.3 Å². The molecule has 1 rings (SSSR count). The number of benzene rings is 1. The quantitative estimate of drug-likeness (QED) is 0.870. The Morgan fingerprint density at radius 3 is 2.39 bits per heavy atom. The Hall–Kier alpha value is -0.780. The number of anilines is 1. The number of rotatable bonds is 3. The van der Waals surface area contributed by atoms with Gasteiger partial charge in [-0.05, 0) is 44.5 Å². The van der Waals surface area contributed by atoms with Crippen molar-refractivity contribution in [2.24, 2.45) is 0 Å². The number of nitrogen functional groups attached to an aromatic ring is 1. The molecule has 0 fully saturated rings. The van der Waals surface area contributed by atoms with E-state index >= 15 is 0 Å². The van der Waals surface area contributed by atoms with Crippen LogP contribution in [0, 0.1) is 0 Å². The highest BCUT2D eigenvalue weighted by molar-refractivity contribution is 7.90. The fourth-order valence-corrected chi connectivity index (χ4v) is 2.93. The molecule has 102 valence electrons. The molecule has 0 saturated heterocycles. The summed E-state index contributed by atoms with van der Waals surface area (Å²) >= 11 is 6.03. The van der Waals surface area contributed by atoms with E-state index < -0.39 is 14.8 Å². The minimum Gasteiger partial charge on any atom is -0.399 e. The first-order valence-electron chi connectivity index (χ1n) is 5.55. The highest BCUT2D eigenvalue weighted by Gasteiger charge is 2.33. The van der Waals surface area contributed by atoms with Gasteiger partial charge in [0.1, 0.15) is 0 Å². The third-order valence-electron chi connectivity index (χ3n) is 2.65. The van der Waals surface area contributed by atoms with Crippen LogP contribution in [0.3, 0.4) is 0 Å². The van der Waals surface area contributed by atoms with Crippen molar-refractivity contribution in [3.05, 3.63) is 28.8 Å². The summed E-state index contributed by atoms with van der Waals surface area (Å²) in [6.45, 7) is 5.21. The third-order valence-corrected chi connectivity index (χ3v) is 5.51. The lowest BCUT2D eigenvalue weighted by molar-refractivity contribution is 0.442. The molecule has 1 aromatic rings. The average molecular weight is 291 g/mol. The van der Waals surface area contributed by atoms with Crippen molar-refractivity contribution in [3.8, 4) is 0 Å². The maximum atomic E-state index is 12.2. The van der Waals surface area contributed by atoms with E-state index in [1.165, 1.54) is 4.31 Å². The van der Waals surface area contributed by atoms with E-state index in [4.69, 9.17) is 17.3 Å². The maximum Gasteiger partial charge on any atom is 0.219 e. The molecule has 0 amide bonds. The molecule has 0 radical (unpaired) electrons. The van der Waals surface area contributed by atoms with Gasteiger partial charge in [-0.15, -0.1) is 0 Å². The van der Waals surface area contributed by atoms with Crippen LogP contribution in [0.1, 0.15) is 26.3 Å².